The smallest absolute Gasteiger partial charge is 0.191 e. The zero-order chi connectivity index (χ0) is 18.8. The first-order chi connectivity index (χ1) is 12.5. The van der Waals surface area contributed by atoms with Crippen LogP contribution in [0.15, 0.2) is 69.4 Å². The molecule has 0 fully saturated rings. The van der Waals surface area contributed by atoms with Gasteiger partial charge in [0.2, 0.25) is 0 Å². The number of nitrogens with one attached hydrogen (secondary N) is 2. The van der Waals surface area contributed by atoms with E-state index in [0.29, 0.717) is 11.4 Å². The fraction of sp³-hybridized carbons (Fsp3) is 0.316. The fourth-order valence-corrected chi connectivity index (χ4v) is 3.63. The molecule has 0 unspecified atom stereocenters. The monoisotopic (exact) mass is 391 g/mol. The lowest BCUT2D eigenvalue weighted by molar-refractivity contribution is 0.602. The molecule has 0 radical (unpaired) electrons. The van der Waals surface area contributed by atoms with Gasteiger partial charge >= 0.3 is 0 Å². The van der Waals surface area contributed by atoms with Crippen molar-refractivity contribution in [3.8, 4) is 0 Å². The molecule has 0 saturated carbocycles. The Balaban J connectivity index is 1.85. The molecule has 0 atom stereocenters. The topological polar surface area (TPSA) is 70.6 Å². The Kier molecular flexibility index (Phi) is 8.00. The quantitative estimate of drug-likeness (QED) is 0.313. The second-order valence-electron chi connectivity index (χ2n) is 5.70. The average molecular weight is 392 g/mol. The Bertz CT molecular complexity index is 804. The molecule has 0 bridgehead atoms. The van der Waals surface area contributed by atoms with Crippen molar-refractivity contribution in [2.45, 2.75) is 23.3 Å². The maximum absolute atomic E-state index is 11.5. The highest BCUT2D eigenvalue weighted by Crippen LogP contribution is 2.15. The van der Waals surface area contributed by atoms with E-state index in [1.807, 2.05) is 25.1 Å². The van der Waals surface area contributed by atoms with Crippen molar-refractivity contribution in [3.63, 3.8) is 0 Å². The lowest BCUT2D eigenvalue weighted by Crippen LogP contribution is -2.38. The van der Waals surface area contributed by atoms with Gasteiger partial charge in [-0.1, -0.05) is 30.3 Å². The van der Waals surface area contributed by atoms with Gasteiger partial charge in [-0.15, -0.1) is 11.8 Å². The van der Waals surface area contributed by atoms with E-state index in [1.165, 1.54) is 11.2 Å². The van der Waals surface area contributed by atoms with Crippen molar-refractivity contribution in [1.29, 1.82) is 0 Å². The molecule has 2 N–H and O–H groups in total. The second-order valence-corrected chi connectivity index (χ2v) is 8.88. The summed E-state index contributed by atoms with van der Waals surface area (Å²) in [6.07, 6.45) is 1.21. The number of benzene rings is 2. The Morgan fingerprint density at radius 1 is 1.04 bits per heavy atom. The summed E-state index contributed by atoms with van der Waals surface area (Å²) in [5, 5.41) is 6.54. The zero-order valence-corrected chi connectivity index (χ0v) is 16.7. The standard InChI is InChI=1S/C19H25N3O2S2/c1-3-20-19(21-13-14-25-17-7-5-4-6-8-17)22-15-16-9-11-18(12-10-16)26(2,23)24/h4-12H,3,13-15H2,1-2H3,(H2,20,21,22). The highest BCUT2D eigenvalue weighted by molar-refractivity contribution is 7.99. The van der Waals surface area contributed by atoms with Crippen LogP contribution in [0.2, 0.25) is 0 Å². The van der Waals surface area contributed by atoms with Crippen molar-refractivity contribution >= 4 is 27.6 Å². The van der Waals surface area contributed by atoms with E-state index < -0.39 is 9.84 Å². The van der Waals surface area contributed by atoms with Gasteiger partial charge in [0.1, 0.15) is 0 Å². The lowest BCUT2D eigenvalue weighted by Gasteiger charge is -2.11. The summed E-state index contributed by atoms with van der Waals surface area (Å²) < 4.78 is 23.0. The molecule has 0 heterocycles. The van der Waals surface area contributed by atoms with Gasteiger partial charge in [-0.05, 0) is 36.8 Å². The Labute approximate surface area is 160 Å². The molecule has 0 aromatic heterocycles. The summed E-state index contributed by atoms with van der Waals surface area (Å²) in [5.41, 5.74) is 0.966. The molecule has 5 nitrogen and oxygen atoms in total. The normalized spacial score (nSPS) is 12.0. The van der Waals surface area contributed by atoms with Crippen LogP contribution in [-0.4, -0.2) is 39.5 Å². The molecule has 140 valence electrons. The molecule has 2 aromatic rings. The molecule has 26 heavy (non-hydrogen) atoms. The second kappa shape index (κ2) is 10.2. The third-order valence-corrected chi connectivity index (χ3v) is 5.66. The van der Waals surface area contributed by atoms with Crippen LogP contribution in [0.5, 0.6) is 0 Å². The summed E-state index contributed by atoms with van der Waals surface area (Å²) in [7, 11) is -3.16. The highest BCUT2D eigenvalue weighted by atomic mass is 32.2. The van der Waals surface area contributed by atoms with Crippen molar-refractivity contribution in [2.75, 3.05) is 25.1 Å². The van der Waals surface area contributed by atoms with Gasteiger partial charge in [-0.3, -0.25) is 0 Å². The van der Waals surface area contributed by atoms with Crippen molar-refractivity contribution in [1.82, 2.24) is 10.6 Å². The molecule has 0 spiro atoms. The minimum absolute atomic E-state index is 0.327. The van der Waals surface area contributed by atoms with E-state index in [0.717, 1.165) is 30.4 Å². The number of sulfone groups is 1. The Hall–Kier alpha value is -1.99. The minimum atomic E-state index is -3.16. The van der Waals surface area contributed by atoms with Crippen LogP contribution in [-0.2, 0) is 16.4 Å². The summed E-state index contributed by atoms with van der Waals surface area (Å²) >= 11 is 1.80. The number of guanidine groups is 1. The molecule has 0 aliphatic heterocycles. The minimum Gasteiger partial charge on any atom is -0.357 e. The van der Waals surface area contributed by atoms with Gasteiger partial charge in [-0.2, -0.15) is 0 Å². The van der Waals surface area contributed by atoms with Crippen LogP contribution in [0.4, 0.5) is 0 Å². The van der Waals surface area contributed by atoms with E-state index in [4.69, 9.17) is 0 Å². The van der Waals surface area contributed by atoms with E-state index in [-0.39, 0.29) is 0 Å². The van der Waals surface area contributed by atoms with E-state index >= 15 is 0 Å². The van der Waals surface area contributed by atoms with Crippen LogP contribution in [0.25, 0.3) is 0 Å². The van der Waals surface area contributed by atoms with Crippen LogP contribution >= 0.6 is 11.8 Å². The molecule has 2 aromatic carbocycles. The van der Waals surface area contributed by atoms with Gasteiger partial charge in [0.25, 0.3) is 0 Å². The molecule has 0 amide bonds. The van der Waals surface area contributed by atoms with Crippen molar-refractivity contribution < 1.29 is 8.42 Å². The summed E-state index contributed by atoms with van der Waals surface area (Å²) in [6.45, 7) is 4.10. The lowest BCUT2D eigenvalue weighted by atomic mass is 10.2. The summed E-state index contributed by atoms with van der Waals surface area (Å²) in [6, 6.07) is 17.1. The van der Waals surface area contributed by atoms with Crippen LogP contribution in [0, 0.1) is 0 Å². The van der Waals surface area contributed by atoms with Crippen LogP contribution in [0.1, 0.15) is 12.5 Å². The van der Waals surface area contributed by atoms with Crippen molar-refractivity contribution in [3.05, 3.63) is 60.2 Å². The molecule has 0 aliphatic rings. The number of thioether (sulfide) groups is 1. The number of hydrogen-bond donors (Lipinski definition) is 2. The highest BCUT2D eigenvalue weighted by Gasteiger charge is 2.06. The van der Waals surface area contributed by atoms with E-state index in [2.05, 4.69) is 27.8 Å². The SMILES string of the molecule is CCNC(=NCc1ccc(S(C)(=O)=O)cc1)NCCSc1ccccc1. The summed E-state index contributed by atoms with van der Waals surface area (Å²) in [5.74, 6) is 1.70. The first-order valence-corrected chi connectivity index (χ1v) is 11.4. The Morgan fingerprint density at radius 3 is 2.35 bits per heavy atom. The number of hydrogen-bond acceptors (Lipinski definition) is 4. The Morgan fingerprint density at radius 2 is 1.73 bits per heavy atom. The van der Waals surface area contributed by atoms with Gasteiger partial charge in [0, 0.05) is 30.0 Å². The van der Waals surface area contributed by atoms with Crippen LogP contribution < -0.4 is 10.6 Å². The molecule has 7 heteroatoms. The van der Waals surface area contributed by atoms with E-state index in [1.54, 1.807) is 36.0 Å². The summed E-state index contributed by atoms with van der Waals surface area (Å²) in [4.78, 5) is 6.13. The largest absolute Gasteiger partial charge is 0.357 e. The predicted molar refractivity (Wildman–Crippen MR) is 110 cm³/mol. The number of nitrogens with zero attached hydrogens (tertiary/aromatic N) is 1. The fourth-order valence-electron chi connectivity index (χ4n) is 2.21. The van der Waals surface area contributed by atoms with Gasteiger partial charge < -0.3 is 10.6 Å². The number of aliphatic imine (C=N–C) groups is 1. The first kappa shape index (κ1) is 20.3. The maximum atomic E-state index is 11.5. The number of rotatable bonds is 8. The third-order valence-electron chi connectivity index (χ3n) is 3.52. The molecule has 2 rings (SSSR count). The molecular formula is C19H25N3O2S2. The van der Waals surface area contributed by atoms with Gasteiger partial charge in [-0.25, -0.2) is 13.4 Å². The predicted octanol–water partition coefficient (Wildman–Crippen LogP) is 2.94. The van der Waals surface area contributed by atoms with Gasteiger partial charge in [0.15, 0.2) is 15.8 Å². The first-order valence-electron chi connectivity index (χ1n) is 8.48. The average Bonchev–Trinajstić information content (AvgIpc) is 2.63. The zero-order valence-electron chi connectivity index (χ0n) is 15.1. The molecule has 0 aliphatic carbocycles. The maximum Gasteiger partial charge on any atom is 0.191 e. The van der Waals surface area contributed by atoms with Gasteiger partial charge in [0.05, 0.1) is 11.4 Å². The van der Waals surface area contributed by atoms with E-state index in [9.17, 15) is 8.42 Å². The van der Waals surface area contributed by atoms with Crippen LogP contribution in [0.3, 0.4) is 0 Å². The molecule has 0 saturated heterocycles. The third kappa shape index (κ3) is 7.09. The molecular weight excluding hydrogens is 366 g/mol. The van der Waals surface area contributed by atoms with Crippen molar-refractivity contribution in [2.24, 2.45) is 4.99 Å².